The number of carboxylic acid groups (broad SMARTS) is 1. The minimum atomic E-state index is -2.73. The molecular formula is C13H13BrFN7O8S. The smallest absolute Gasteiger partial charge is 0.446 e. The summed E-state index contributed by atoms with van der Waals surface area (Å²) < 4.78 is 46.8. The highest BCUT2D eigenvalue weighted by Crippen LogP contribution is 2.26. The third kappa shape index (κ3) is 6.84. The van der Waals surface area contributed by atoms with Crippen LogP contribution in [0.2, 0.25) is 0 Å². The largest absolute Gasteiger partial charge is 0.465 e. The van der Waals surface area contributed by atoms with Gasteiger partial charge >= 0.3 is 11.8 Å². The number of benzene rings is 1. The first-order chi connectivity index (χ1) is 14.7. The third-order valence-corrected chi connectivity index (χ3v) is 4.17. The first kappa shape index (κ1) is 23.9. The first-order valence-corrected chi connectivity index (χ1v) is 9.79. The summed E-state index contributed by atoms with van der Waals surface area (Å²) in [6.07, 6.45) is -1.33. The summed E-state index contributed by atoms with van der Waals surface area (Å²) >= 11 is 3.03. The fourth-order valence-corrected chi connectivity index (χ4v) is 2.60. The van der Waals surface area contributed by atoms with Gasteiger partial charge in [0, 0.05) is 6.54 Å². The number of thiol groups is 1. The van der Waals surface area contributed by atoms with Crippen molar-refractivity contribution in [2.75, 3.05) is 18.6 Å². The van der Waals surface area contributed by atoms with Crippen molar-refractivity contribution in [1.29, 1.82) is 0 Å². The zero-order valence-electron chi connectivity index (χ0n) is 15.0. The van der Waals surface area contributed by atoms with E-state index in [4.69, 9.17) is 14.7 Å². The Morgan fingerprint density at radius 3 is 2.71 bits per heavy atom. The number of primary amides is 1. The van der Waals surface area contributed by atoms with Gasteiger partial charge in [0.1, 0.15) is 5.82 Å². The lowest BCUT2D eigenvalue weighted by atomic mass is 10.3. The van der Waals surface area contributed by atoms with E-state index in [1.165, 1.54) is 12.1 Å². The summed E-state index contributed by atoms with van der Waals surface area (Å²) in [4.78, 5) is 25.8. The average molecular weight is 526 g/mol. The van der Waals surface area contributed by atoms with Crippen LogP contribution in [0.25, 0.3) is 17.2 Å². The number of hydrogen-bond acceptors (Lipinski definition) is 11. The van der Waals surface area contributed by atoms with Gasteiger partial charge < -0.3 is 10.8 Å². The number of hydrogen-bond donors (Lipinski definition) is 5. The summed E-state index contributed by atoms with van der Waals surface area (Å²) in [6.45, 7) is -0.0171. The molecule has 0 unspecified atom stereocenters. The van der Waals surface area contributed by atoms with E-state index >= 15 is 0 Å². The van der Waals surface area contributed by atoms with Gasteiger partial charge in [0.25, 0.3) is 0 Å². The number of nitrogens with one attached hydrogen (secondary N) is 2. The SMILES string of the molecule is NC(=O)O.O=c1onc(-c2nonc2NOCCN[SH](=O)=O)n1-c1ccc(F)c(Br)c1. The van der Waals surface area contributed by atoms with E-state index in [1.807, 2.05) is 0 Å². The summed E-state index contributed by atoms with van der Waals surface area (Å²) in [6, 6.07) is 3.85. The Bertz CT molecular complexity index is 1160. The van der Waals surface area contributed by atoms with Gasteiger partial charge in [-0.2, -0.15) is 0 Å². The minimum Gasteiger partial charge on any atom is -0.465 e. The van der Waals surface area contributed by atoms with Gasteiger partial charge in [-0.05, 0) is 44.4 Å². The lowest BCUT2D eigenvalue weighted by Crippen LogP contribution is -2.19. The highest BCUT2D eigenvalue weighted by molar-refractivity contribution is 9.10. The number of nitrogens with two attached hydrogens (primary N) is 1. The number of halogens is 2. The van der Waals surface area contributed by atoms with Gasteiger partial charge in [0.15, 0.2) is 0 Å². The van der Waals surface area contributed by atoms with E-state index in [0.29, 0.717) is 0 Å². The molecule has 0 bridgehead atoms. The lowest BCUT2D eigenvalue weighted by molar-refractivity contribution is 0.195. The molecule has 0 aliphatic carbocycles. The molecule has 15 nitrogen and oxygen atoms in total. The van der Waals surface area contributed by atoms with Crippen LogP contribution in [0, 0.1) is 5.82 Å². The highest BCUT2D eigenvalue weighted by atomic mass is 79.9. The predicted molar refractivity (Wildman–Crippen MR) is 103 cm³/mol. The van der Waals surface area contributed by atoms with E-state index in [0.717, 1.165) is 10.6 Å². The Morgan fingerprint density at radius 2 is 2.06 bits per heavy atom. The molecule has 0 fully saturated rings. The maximum atomic E-state index is 13.5. The van der Waals surface area contributed by atoms with E-state index < -0.39 is 28.6 Å². The number of amides is 1. The Kier molecular flexibility index (Phi) is 8.61. The summed E-state index contributed by atoms with van der Waals surface area (Å²) in [5, 5.41) is 18.0. The third-order valence-electron chi connectivity index (χ3n) is 3.08. The number of aromatic nitrogens is 4. The summed E-state index contributed by atoms with van der Waals surface area (Å²) in [5.41, 5.74) is 6.66. The van der Waals surface area contributed by atoms with Gasteiger partial charge in [0.05, 0.1) is 16.8 Å². The number of rotatable bonds is 8. The van der Waals surface area contributed by atoms with Gasteiger partial charge in [-0.3, -0.25) is 9.36 Å². The van der Waals surface area contributed by atoms with Crippen molar-refractivity contribution in [2.24, 2.45) is 5.73 Å². The first-order valence-electron chi connectivity index (χ1n) is 7.82. The second-order valence-corrected chi connectivity index (χ2v) is 6.81. The molecule has 0 aliphatic heterocycles. The molecule has 0 saturated carbocycles. The van der Waals surface area contributed by atoms with Crippen molar-refractivity contribution in [3.63, 3.8) is 0 Å². The van der Waals surface area contributed by atoms with Crippen LogP contribution in [0.1, 0.15) is 0 Å². The van der Waals surface area contributed by atoms with Gasteiger partial charge in [-0.15, -0.1) is 0 Å². The number of nitrogens with zero attached hydrogens (tertiary/aromatic N) is 4. The maximum absolute atomic E-state index is 13.5. The van der Waals surface area contributed by atoms with Crippen LogP contribution in [-0.2, 0) is 15.7 Å². The molecule has 1 amide bonds. The van der Waals surface area contributed by atoms with Crippen LogP contribution < -0.4 is 21.7 Å². The Morgan fingerprint density at radius 1 is 1.35 bits per heavy atom. The molecule has 2 aromatic heterocycles. The zero-order valence-corrected chi connectivity index (χ0v) is 17.5. The van der Waals surface area contributed by atoms with E-state index in [1.54, 1.807) is 0 Å². The van der Waals surface area contributed by atoms with Crippen molar-refractivity contribution in [3.8, 4) is 17.2 Å². The molecule has 0 spiro atoms. The predicted octanol–water partition coefficient (Wildman–Crippen LogP) is -0.140. The van der Waals surface area contributed by atoms with Crippen molar-refractivity contribution >= 4 is 38.7 Å². The average Bonchev–Trinajstić information content (AvgIpc) is 3.29. The van der Waals surface area contributed by atoms with Crippen molar-refractivity contribution in [3.05, 3.63) is 39.0 Å². The normalized spacial score (nSPS) is 10.5. The molecule has 2 heterocycles. The van der Waals surface area contributed by atoms with E-state index in [-0.39, 0.29) is 40.6 Å². The van der Waals surface area contributed by atoms with Crippen molar-refractivity contribution in [2.45, 2.75) is 0 Å². The van der Waals surface area contributed by atoms with Gasteiger partial charge in [0.2, 0.25) is 28.2 Å². The Labute approximate surface area is 181 Å². The van der Waals surface area contributed by atoms with Crippen LogP contribution in [-0.4, -0.2) is 52.8 Å². The van der Waals surface area contributed by atoms with Crippen LogP contribution in [0.15, 0.2) is 36.6 Å². The molecule has 3 aromatic rings. The summed E-state index contributed by atoms with van der Waals surface area (Å²) in [5.74, 6) is -1.48. The number of carbonyl (C=O) groups is 1. The van der Waals surface area contributed by atoms with Crippen LogP contribution >= 0.6 is 15.9 Å². The van der Waals surface area contributed by atoms with Crippen LogP contribution in [0.4, 0.5) is 15.0 Å². The second kappa shape index (κ2) is 11.2. The van der Waals surface area contributed by atoms with E-state index in [9.17, 15) is 17.6 Å². The molecule has 31 heavy (non-hydrogen) atoms. The minimum absolute atomic E-state index is 0.0184. The monoisotopic (exact) mass is 525 g/mol. The topological polar surface area (TPSA) is 218 Å². The Hall–Kier alpha value is -3.35. The molecule has 3 rings (SSSR count). The molecule has 0 aliphatic rings. The van der Waals surface area contributed by atoms with Crippen LogP contribution in [0.5, 0.6) is 0 Å². The Balaban J connectivity index is 0.000000785. The fraction of sp³-hybridized carbons (Fsp3) is 0.154. The van der Waals surface area contributed by atoms with Crippen molar-refractivity contribution < 1.29 is 36.7 Å². The molecule has 0 radical (unpaired) electrons. The molecule has 5 N–H and O–H groups in total. The lowest BCUT2D eigenvalue weighted by Gasteiger charge is -2.06. The summed E-state index contributed by atoms with van der Waals surface area (Å²) in [7, 11) is -2.73. The molecule has 168 valence electrons. The fourth-order valence-electron chi connectivity index (χ4n) is 1.96. The molecular weight excluding hydrogens is 513 g/mol. The van der Waals surface area contributed by atoms with E-state index in [2.05, 4.69) is 56.5 Å². The molecule has 0 saturated heterocycles. The highest BCUT2D eigenvalue weighted by Gasteiger charge is 2.23. The zero-order chi connectivity index (χ0) is 23.0. The quantitative estimate of drug-likeness (QED) is 0.147. The van der Waals surface area contributed by atoms with Crippen LogP contribution in [0.3, 0.4) is 0 Å². The maximum Gasteiger partial charge on any atom is 0.446 e. The van der Waals surface area contributed by atoms with Gasteiger partial charge in [-0.25, -0.2) is 41.8 Å². The van der Waals surface area contributed by atoms with Crippen molar-refractivity contribution in [1.82, 2.24) is 24.8 Å². The molecule has 1 aromatic carbocycles. The molecule has 18 heteroatoms. The molecule has 0 atom stereocenters. The standard InChI is InChI=1S/C12H10BrFN6O6S.CH3NO2/c13-7-5-6(1-2-8(7)14)20-11(19-25-12(20)21)9-10(18-26-16-9)17-24-4-3-15-27(22)23;2-1(3)4/h1-2,5,27H,3-4H2,(H,17,18)(H,15,22,23);2H2,(H,3,4). The number of anilines is 1. The second-order valence-electron chi connectivity index (χ2n) is 5.12. The van der Waals surface area contributed by atoms with Gasteiger partial charge in [-0.1, -0.05) is 5.16 Å².